The molecule has 212 valence electrons. The van der Waals surface area contributed by atoms with E-state index in [4.69, 9.17) is 21.1 Å². The number of rotatable bonds is 13. The van der Waals surface area contributed by atoms with Crippen molar-refractivity contribution in [3.8, 4) is 11.5 Å². The minimum Gasteiger partial charge on any atom is -0.497 e. The molecule has 0 spiro atoms. The molecule has 41 heavy (non-hydrogen) atoms. The molecule has 2 amide bonds. The van der Waals surface area contributed by atoms with Gasteiger partial charge in [-0.1, -0.05) is 78.3 Å². The quantitative estimate of drug-likeness (QED) is 0.217. The summed E-state index contributed by atoms with van der Waals surface area (Å²) in [6.45, 7) is 0.720. The van der Waals surface area contributed by atoms with Gasteiger partial charge in [0.25, 0.3) is 0 Å². The number of hydrogen-bond acceptors (Lipinski definition) is 4. The Bertz CT molecular complexity index is 1390. The van der Waals surface area contributed by atoms with Crippen molar-refractivity contribution in [3.05, 3.63) is 130 Å². The molecule has 4 rings (SSSR count). The molecule has 0 heterocycles. The largest absolute Gasteiger partial charge is 0.497 e. The number of methoxy groups -OCH3 is 2. The van der Waals surface area contributed by atoms with Gasteiger partial charge in [0.1, 0.15) is 17.5 Å². The monoisotopic (exact) mass is 570 g/mol. The average molecular weight is 571 g/mol. The molecule has 0 saturated carbocycles. The zero-order chi connectivity index (χ0) is 29.0. The zero-order valence-electron chi connectivity index (χ0n) is 23.4. The molecule has 0 saturated heterocycles. The van der Waals surface area contributed by atoms with Crippen LogP contribution in [0.5, 0.6) is 11.5 Å². The van der Waals surface area contributed by atoms with Crippen LogP contribution in [0.4, 0.5) is 0 Å². The van der Waals surface area contributed by atoms with Gasteiger partial charge in [-0.05, 0) is 65.1 Å². The summed E-state index contributed by atoms with van der Waals surface area (Å²) in [7, 11) is 3.25. The Hall–Kier alpha value is -4.29. The Morgan fingerprint density at radius 3 is 1.88 bits per heavy atom. The van der Waals surface area contributed by atoms with Crippen LogP contribution in [0, 0.1) is 0 Å². The molecule has 0 aromatic heterocycles. The van der Waals surface area contributed by atoms with Gasteiger partial charge in [-0.15, -0.1) is 0 Å². The molecule has 4 aromatic rings. The molecule has 0 unspecified atom stereocenters. The fourth-order valence-corrected chi connectivity index (χ4v) is 4.73. The molecule has 6 nitrogen and oxygen atoms in total. The number of halogens is 1. The fourth-order valence-electron chi connectivity index (χ4n) is 4.60. The van der Waals surface area contributed by atoms with Gasteiger partial charge in [-0.2, -0.15) is 0 Å². The number of carbonyl (C=O) groups is 2. The van der Waals surface area contributed by atoms with Crippen molar-refractivity contribution in [1.29, 1.82) is 0 Å². The van der Waals surface area contributed by atoms with Gasteiger partial charge in [0.05, 0.1) is 20.6 Å². The smallest absolute Gasteiger partial charge is 0.243 e. The Labute approximate surface area is 246 Å². The van der Waals surface area contributed by atoms with E-state index in [0.29, 0.717) is 24.4 Å². The highest BCUT2D eigenvalue weighted by Crippen LogP contribution is 2.20. The lowest BCUT2D eigenvalue weighted by Gasteiger charge is -2.32. The fraction of sp³-hybridized carbons (Fsp3) is 0.235. The van der Waals surface area contributed by atoms with Crippen molar-refractivity contribution in [2.45, 2.75) is 31.8 Å². The van der Waals surface area contributed by atoms with Gasteiger partial charge in [-0.25, -0.2) is 0 Å². The van der Waals surface area contributed by atoms with Crippen LogP contribution in [-0.2, 0) is 35.4 Å². The van der Waals surface area contributed by atoms with E-state index < -0.39 is 6.04 Å². The first-order valence-corrected chi connectivity index (χ1v) is 13.9. The molecule has 0 aliphatic carbocycles. The van der Waals surface area contributed by atoms with Crippen molar-refractivity contribution < 1.29 is 19.1 Å². The predicted octanol–water partition coefficient (Wildman–Crippen LogP) is 5.90. The van der Waals surface area contributed by atoms with Crippen LogP contribution in [-0.4, -0.2) is 43.5 Å². The highest BCUT2D eigenvalue weighted by Gasteiger charge is 2.30. The lowest BCUT2D eigenvalue weighted by atomic mass is 10.0. The Morgan fingerprint density at radius 1 is 0.732 bits per heavy atom. The number of carbonyl (C=O) groups excluding carboxylic acids is 2. The first-order valence-electron chi connectivity index (χ1n) is 13.6. The average Bonchev–Trinajstić information content (AvgIpc) is 3.01. The third-order valence-corrected chi connectivity index (χ3v) is 7.18. The standard InChI is InChI=1S/C34H35ClN2O4/c1-40-30-16-10-25(11-17-30)20-21-36-34(39)32(22-26-6-4-3-5-7-26)37(24-28-12-18-31(41-2)19-13-28)33(38)23-27-8-14-29(35)15-9-27/h3-19,32H,20-24H2,1-2H3,(H,36,39)/t32-/m1/s1. The SMILES string of the molecule is COc1ccc(CCNC(=O)[C@@H](Cc2ccccc2)N(Cc2ccc(OC)cc2)C(=O)Cc2ccc(Cl)cc2)cc1. The number of amides is 2. The van der Waals surface area contributed by atoms with Gasteiger partial charge >= 0.3 is 0 Å². The summed E-state index contributed by atoms with van der Waals surface area (Å²) < 4.78 is 10.5. The molecule has 0 fully saturated rings. The van der Waals surface area contributed by atoms with Crippen molar-refractivity contribution in [1.82, 2.24) is 10.2 Å². The van der Waals surface area contributed by atoms with Crippen LogP contribution in [0.25, 0.3) is 0 Å². The third-order valence-electron chi connectivity index (χ3n) is 6.92. The van der Waals surface area contributed by atoms with Crippen molar-refractivity contribution in [2.75, 3.05) is 20.8 Å². The molecule has 1 N–H and O–H groups in total. The van der Waals surface area contributed by atoms with Gasteiger partial charge in [0.2, 0.25) is 11.8 Å². The first kappa shape index (κ1) is 29.7. The molecule has 0 aliphatic rings. The van der Waals surface area contributed by atoms with E-state index >= 15 is 0 Å². The van der Waals surface area contributed by atoms with Crippen molar-refractivity contribution in [3.63, 3.8) is 0 Å². The molecule has 0 bridgehead atoms. The third kappa shape index (κ3) is 8.85. The number of nitrogens with zero attached hydrogens (tertiary/aromatic N) is 1. The van der Waals surface area contributed by atoms with E-state index in [9.17, 15) is 9.59 Å². The van der Waals surface area contributed by atoms with Crippen molar-refractivity contribution >= 4 is 23.4 Å². The summed E-state index contributed by atoms with van der Waals surface area (Å²) in [6, 6.07) is 31.6. The Morgan fingerprint density at radius 2 is 1.29 bits per heavy atom. The lowest BCUT2D eigenvalue weighted by Crippen LogP contribution is -2.51. The summed E-state index contributed by atoms with van der Waals surface area (Å²) in [5.41, 5.74) is 3.79. The molecule has 0 radical (unpaired) electrons. The topological polar surface area (TPSA) is 67.9 Å². The molecular weight excluding hydrogens is 536 g/mol. The van der Waals surface area contributed by atoms with E-state index in [1.54, 1.807) is 31.3 Å². The molecule has 4 aromatic carbocycles. The summed E-state index contributed by atoms with van der Waals surface area (Å²) in [4.78, 5) is 29.4. The van der Waals surface area contributed by atoms with Crippen LogP contribution in [0.1, 0.15) is 22.3 Å². The zero-order valence-corrected chi connectivity index (χ0v) is 24.1. The maximum Gasteiger partial charge on any atom is 0.243 e. The van der Waals surface area contributed by atoms with Gasteiger partial charge < -0.3 is 19.7 Å². The highest BCUT2D eigenvalue weighted by atomic mass is 35.5. The second-order valence-corrected chi connectivity index (χ2v) is 10.2. The van der Waals surface area contributed by atoms with Crippen LogP contribution in [0.2, 0.25) is 5.02 Å². The van der Waals surface area contributed by atoms with Crippen LogP contribution in [0.3, 0.4) is 0 Å². The summed E-state index contributed by atoms with van der Waals surface area (Å²) in [5.74, 6) is 1.17. The molecule has 7 heteroatoms. The van der Waals surface area contributed by atoms with Gasteiger partial charge in [-0.3, -0.25) is 9.59 Å². The summed E-state index contributed by atoms with van der Waals surface area (Å²) in [6.07, 6.45) is 1.19. The summed E-state index contributed by atoms with van der Waals surface area (Å²) >= 11 is 6.07. The molecule has 0 aliphatic heterocycles. The lowest BCUT2D eigenvalue weighted by molar-refractivity contribution is -0.140. The van der Waals surface area contributed by atoms with Crippen molar-refractivity contribution in [2.24, 2.45) is 0 Å². The number of benzene rings is 4. The maximum absolute atomic E-state index is 13.9. The van der Waals surface area contributed by atoms with Gasteiger partial charge in [0.15, 0.2) is 0 Å². The minimum atomic E-state index is -0.713. The number of hydrogen-bond donors (Lipinski definition) is 1. The normalized spacial score (nSPS) is 11.4. The van der Waals surface area contributed by atoms with Crippen LogP contribution in [0.15, 0.2) is 103 Å². The van der Waals surface area contributed by atoms with E-state index in [-0.39, 0.29) is 24.8 Å². The minimum absolute atomic E-state index is 0.144. The van der Waals surface area contributed by atoms with E-state index in [1.165, 1.54) is 0 Å². The first-order chi connectivity index (χ1) is 19.9. The molecular formula is C34H35ClN2O4. The number of nitrogens with one attached hydrogen (secondary N) is 1. The van der Waals surface area contributed by atoms with Crippen LogP contribution >= 0.6 is 11.6 Å². The van der Waals surface area contributed by atoms with Gasteiger partial charge in [0, 0.05) is 24.5 Å². The second-order valence-electron chi connectivity index (χ2n) is 9.77. The Balaban J connectivity index is 1.58. The van der Waals surface area contributed by atoms with E-state index in [0.717, 1.165) is 33.8 Å². The van der Waals surface area contributed by atoms with E-state index in [1.807, 2.05) is 91.0 Å². The second kappa shape index (κ2) is 14.9. The van der Waals surface area contributed by atoms with E-state index in [2.05, 4.69) is 5.32 Å². The predicted molar refractivity (Wildman–Crippen MR) is 162 cm³/mol. The molecule has 1 atom stereocenters. The number of ether oxygens (including phenoxy) is 2. The Kier molecular flexibility index (Phi) is 10.8. The maximum atomic E-state index is 13.9. The highest BCUT2D eigenvalue weighted by molar-refractivity contribution is 6.30. The van der Waals surface area contributed by atoms with Crippen LogP contribution < -0.4 is 14.8 Å². The summed E-state index contributed by atoms with van der Waals surface area (Å²) in [5, 5.41) is 3.70.